The highest BCUT2D eigenvalue weighted by atomic mass is 16.7. The molecule has 4 rings (SSSR count). The van der Waals surface area contributed by atoms with Gasteiger partial charge in [-0.05, 0) is 49.6 Å². The van der Waals surface area contributed by atoms with Gasteiger partial charge >= 0.3 is 0 Å². The number of nitrogens with zero attached hydrogens (tertiary/aromatic N) is 2. The van der Waals surface area contributed by atoms with Crippen molar-refractivity contribution >= 4 is 11.8 Å². The van der Waals surface area contributed by atoms with Gasteiger partial charge in [-0.25, -0.2) is 0 Å². The number of likely N-dealkylation sites (N-methyl/N-ethyl adjacent to an activating group) is 1. The minimum absolute atomic E-state index is 0.00807. The Morgan fingerprint density at radius 1 is 1.17 bits per heavy atom. The summed E-state index contributed by atoms with van der Waals surface area (Å²) < 4.78 is 11.0. The number of hydrogen-bond donors (Lipinski definition) is 0. The molecule has 2 unspecified atom stereocenters. The Bertz CT molecular complexity index is 971. The van der Waals surface area contributed by atoms with Crippen molar-refractivity contribution in [2.24, 2.45) is 0 Å². The molecule has 2 aromatic rings. The van der Waals surface area contributed by atoms with Gasteiger partial charge < -0.3 is 19.3 Å². The highest BCUT2D eigenvalue weighted by Gasteiger charge is 2.45. The van der Waals surface area contributed by atoms with Gasteiger partial charge in [0.25, 0.3) is 5.91 Å². The van der Waals surface area contributed by atoms with E-state index in [1.54, 1.807) is 4.90 Å². The number of ether oxygens (including phenoxy) is 2. The topological polar surface area (TPSA) is 59.1 Å². The molecule has 6 nitrogen and oxygen atoms in total. The summed E-state index contributed by atoms with van der Waals surface area (Å²) in [6.07, 6.45) is 0.801. The number of rotatable bonds is 5. The molecule has 158 valence electrons. The second-order valence-electron chi connectivity index (χ2n) is 8.16. The number of amides is 2. The van der Waals surface area contributed by atoms with Gasteiger partial charge in [0.2, 0.25) is 12.7 Å². The van der Waals surface area contributed by atoms with Crippen LogP contribution in [0.5, 0.6) is 11.5 Å². The monoisotopic (exact) mass is 408 g/mol. The average Bonchev–Trinajstić information content (AvgIpc) is 3.22. The Morgan fingerprint density at radius 3 is 2.63 bits per heavy atom. The number of benzene rings is 2. The van der Waals surface area contributed by atoms with E-state index in [-0.39, 0.29) is 24.6 Å². The third-order valence-corrected chi connectivity index (χ3v) is 6.03. The number of hydrogen-bond acceptors (Lipinski definition) is 4. The van der Waals surface area contributed by atoms with Gasteiger partial charge in [-0.2, -0.15) is 0 Å². The molecule has 0 fully saturated rings. The van der Waals surface area contributed by atoms with Crippen LogP contribution in [0.1, 0.15) is 60.6 Å². The summed E-state index contributed by atoms with van der Waals surface area (Å²) in [5.41, 5.74) is 2.28. The minimum atomic E-state index is -0.488. The van der Waals surface area contributed by atoms with Crippen LogP contribution in [0.15, 0.2) is 42.5 Å². The van der Waals surface area contributed by atoms with E-state index in [1.165, 1.54) is 0 Å². The Hall–Kier alpha value is -3.02. The van der Waals surface area contributed by atoms with Crippen molar-refractivity contribution in [3.05, 3.63) is 59.2 Å². The molecule has 0 saturated carbocycles. The average molecular weight is 408 g/mol. The predicted octanol–water partition coefficient (Wildman–Crippen LogP) is 3.97. The third kappa shape index (κ3) is 3.30. The molecule has 2 aromatic carbocycles. The fraction of sp³-hybridized carbons (Fsp3) is 0.417. The van der Waals surface area contributed by atoms with Crippen LogP contribution in [0, 0.1) is 0 Å². The standard InChI is InChI=1S/C24H28N2O4/c1-5-12-26-22(16-10-11-19-20(13-16)30-14-29-19)21(24(28)25(4)15(2)3)17-8-6-7-9-18(17)23(26)27/h6-11,13,15,21-22H,5,12,14H2,1-4H3. The molecule has 2 aliphatic rings. The summed E-state index contributed by atoms with van der Waals surface area (Å²) >= 11 is 0. The van der Waals surface area contributed by atoms with Crippen molar-refractivity contribution in [2.75, 3.05) is 20.4 Å². The molecule has 0 N–H and O–H groups in total. The highest BCUT2D eigenvalue weighted by molar-refractivity contribution is 6.01. The van der Waals surface area contributed by atoms with E-state index >= 15 is 0 Å². The SMILES string of the molecule is CCCN1C(=O)c2ccccc2C(C(=O)N(C)C(C)C)C1c1ccc2c(c1)OCO2. The quantitative estimate of drug-likeness (QED) is 0.751. The summed E-state index contributed by atoms with van der Waals surface area (Å²) in [5, 5.41) is 0. The molecule has 2 aliphatic heterocycles. The Kier molecular flexibility index (Phi) is 5.41. The molecule has 0 spiro atoms. The highest BCUT2D eigenvalue weighted by Crippen LogP contribution is 2.46. The largest absolute Gasteiger partial charge is 0.454 e. The van der Waals surface area contributed by atoms with Crippen LogP contribution in [0.2, 0.25) is 0 Å². The Morgan fingerprint density at radius 2 is 1.90 bits per heavy atom. The predicted molar refractivity (Wildman–Crippen MR) is 114 cm³/mol. The van der Waals surface area contributed by atoms with E-state index in [0.717, 1.165) is 17.5 Å². The van der Waals surface area contributed by atoms with Gasteiger partial charge in [0.05, 0.1) is 12.0 Å². The van der Waals surface area contributed by atoms with E-state index in [0.29, 0.717) is 23.6 Å². The molecule has 0 bridgehead atoms. The molecule has 30 heavy (non-hydrogen) atoms. The Balaban J connectivity index is 1.90. The van der Waals surface area contributed by atoms with E-state index in [9.17, 15) is 9.59 Å². The van der Waals surface area contributed by atoms with Crippen LogP contribution >= 0.6 is 0 Å². The first-order chi connectivity index (χ1) is 14.4. The van der Waals surface area contributed by atoms with Crippen LogP contribution in [0.4, 0.5) is 0 Å². The lowest BCUT2D eigenvalue weighted by atomic mass is 9.78. The summed E-state index contributed by atoms with van der Waals surface area (Å²) in [6, 6.07) is 12.8. The molecule has 2 amide bonds. The van der Waals surface area contributed by atoms with Gasteiger partial charge in [0.15, 0.2) is 11.5 Å². The number of carbonyl (C=O) groups is 2. The molecule has 6 heteroatoms. The smallest absolute Gasteiger partial charge is 0.254 e. The van der Waals surface area contributed by atoms with Crippen LogP contribution in [0.3, 0.4) is 0 Å². The second kappa shape index (κ2) is 8.01. The zero-order valence-corrected chi connectivity index (χ0v) is 17.9. The van der Waals surface area contributed by atoms with Crippen LogP contribution in [-0.2, 0) is 4.79 Å². The molecular weight excluding hydrogens is 380 g/mol. The van der Waals surface area contributed by atoms with Crippen LogP contribution in [-0.4, -0.2) is 48.0 Å². The Labute approximate surface area is 177 Å². The molecule has 0 aromatic heterocycles. The first-order valence-electron chi connectivity index (χ1n) is 10.5. The fourth-order valence-electron chi connectivity index (χ4n) is 4.29. The maximum Gasteiger partial charge on any atom is 0.254 e. The zero-order valence-electron chi connectivity index (χ0n) is 17.9. The summed E-state index contributed by atoms with van der Waals surface area (Å²) in [5.74, 6) is 0.822. The van der Waals surface area contributed by atoms with E-state index in [2.05, 4.69) is 0 Å². The lowest BCUT2D eigenvalue weighted by Crippen LogP contribution is -2.49. The zero-order chi connectivity index (χ0) is 21.4. The lowest BCUT2D eigenvalue weighted by molar-refractivity contribution is -0.134. The van der Waals surface area contributed by atoms with Crippen LogP contribution < -0.4 is 9.47 Å². The molecule has 0 saturated heterocycles. The van der Waals surface area contributed by atoms with Crippen LogP contribution in [0.25, 0.3) is 0 Å². The lowest BCUT2D eigenvalue weighted by Gasteiger charge is -2.43. The normalized spacial score (nSPS) is 19.8. The third-order valence-electron chi connectivity index (χ3n) is 6.03. The first kappa shape index (κ1) is 20.3. The van der Waals surface area contributed by atoms with Crippen molar-refractivity contribution in [2.45, 2.75) is 45.2 Å². The maximum atomic E-state index is 13.7. The fourth-order valence-corrected chi connectivity index (χ4v) is 4.29. The minimum Gasteiger partial charge on any atom is -0.454 e. The maximum absolute atomic E-state index is 13.7. The van der Waals surface area contributed by atoms with Gasteiger partial charge in [-0.15, -0.1) is 0 Å². The van der Waals surface area contributed by atoms with Crippen molar-refractivity contribution in [3.63, 3.8) is 0 Å². The summed E-state index contributed by atoms with van der Waals surface area (Å²) in [6.45, 7) is 6.79. The summed E-state index contributed by atoms with van der Waals surface area (Å²) in [7, 11) is 1.83. The van der Waals surface area contributed by atoms with Gasteiger partial charge in [0.1, 0.15) is 0 Å². The molecule has 2 atom stereocenters. The van der Waals surface area contributed by atoms with Crippen molar-refractivity contribution < 1.29 is 19.1 Å². The van der Waals surface area contributed by atoms with Gasteiger partial charge in [0, 0.05) is 25.2 Å². The number of fused-ring (bicyclic) bond motifs is 2. The summed E-state index contributed by atoms with van der Waals surface area (Å²) in [4.78, 5) is 30.8. The van der Waals surface area contributed by atoms with Crippen molar-refractivity contribution in [1.29, 1.82) is 0 Å². The van der Waals surface area contributed by atoms with Crippen molar-refractivity contribution in [3.8, 4) is 11.5 Å². The second-order valence-corrected chi connectivity index (χ2v) is 8.16. The molecule has 0 radical (unpaired) electrons. The van der Waals surface area contributed by atoms with E-state index in [1.807, 2.05) is 75.2 Å². The molecule has 0 aliphatic carbocycles. The van der Waals surface area contributed by atoms with Gasteiger partial charge in [-0.3, -0.25) is 9.59 Å². The molecular formula is C24H28N2O4. The van der Waals surface area contributed by atoms with Crippen molar-refractivity contribution in [1.82, 2.24) is 9.80 Å². The first-order valence-corrected chi connectivity index (χ1v) is 10.5. The number of carbonyl (C=O) groups excluding carboxylic acids is 2. The molecule has 2 heterocycles. The van der Waals surface area contributed by atoms with E-state index < -0.39 is 12.0 Å². The van der Waals surface area contributed by atoms with E-state index in [4.69, 9.17) is 9.47 Å². The van der Waals surface area contributed by atoms with Gasteiger partial charge in [-0.1, -0.05) is 31.2 Å².